The van der Waals surface area contributed by atoms with Gasteiger partial charge in [0.25, 0.3) is 11.7 Å². The summed E-state index contributed by atoms with van der Waals surface area (Å²) in [6.07, 6.45) is 3.24. The number of amides is 1. The van der Waals surface area contributed by atoms with Gasteiger partial charge in [-0.3, -0.25) is 24.0 Å². The van der Waals surface area contributed by atoms with Gasteiger partial charge < -0.3 is 49.4 Å². The molecular formula is C48H73NO15. The lowest BCUT2D eigenvalue weighted by atomic mass is 9.75. The number of rotatable bonds is 11. The Kier molecular flexibility index (Phi) is 19.9. The van der Waals surface area contributed by atoms with Crippen LogP contribution in [-0.4, -0.2) is 135 Å². The Bertz CT molecular complexity index is 1730. The second-order valence-corrected chi connectivity index (χ2v) is 19.0. The van der Waals surface area contributed by atoms with E-state index in [1.165, 1.54) is 7.11 Å². The van der Waals surface area contributed by atoms with E-state index in [0.29, 0.717) is 50.5 Å². The molecule has 4 aliphatic rings. The second kappa shape index (κ2) is 24.1. The van der Waals surface area contributed by atoms with E-state index in [4.69, 9.17) is 18.9 Å². The summed E-state index contributed by atoms with van der Waals surface area (Å²) in [5, 5.41) is 53.1. The topological polar surface area (TPSA) is 244 Å². The van der Waals surface area contributed by atoms with Crippen LogP contribution in [0.15, 0.2) is 36.0 Å². The Hall–Kier alpha value is -3.80. The SMILES string of the molecule is C=CC[C@@H]1/C=C(\C)C[C@H](C)C[C@H](CO)[C@H]2O[C@@](O)(C(=O)C(=O)N3CCCC[C@H]3C(=O)O[C@H](/C(C)=C/[C@@H]3CC[C@@H](O)[C@H](OC)C3)[C@H](C)C(OC(=O)CCC(=O)O)CC1=O)[C@H](C)C[C@@H]2CO. The first-order chi connectivity index (χ1) is 30.3. The number of hydrogen-bond donors (Lipinski definition) is 5. The number of carbonyl (C=O) groups is 6. The van der Waals surface area contributed by atoms with Gasteiger partial charge in [0.15, 0.2) is 0 Å². The first-order valence-electron chi connectivity index (χ1n) is 23.1. The number of aliphatic hydroxyl groups excluding tert-OH is 3. The quantitative estimate of drug-likeness (QED) is 0.111. The van der Waals surface area contributed by atoms with Crippen molar-refractivity contribution in [2.45, 2.75) is 160 Å². The molecule has 0 spiro atoms. The summed E-state index contributed by atoms with van der Waals surface area (Å²) in [5.74, 6) is -12.4. The molecule has 0 aromatic carbocycles. The molecule has 4 rings (SSSR count). The number of carboxylic acids is 1. The lowest BCUT2D eigenvalue weighted by molar-refractivity contribution is -0.289. The minimum atomic E-state index is -2.63. The third kappa shape index (κ3) is 13.4. The molecule has 14 atom stereocenters. The largest absolute Gasteiger partial charge is 0.481 e. The maximum atomic E-state index is 14.6. The van der Waals surface area contributed by atoms with Crippen molar-refractivity contribution >= 4 is 35.4 Å². The van der Waals surface area contributed by atoms with Crippen molar-refractivity contribution in [2.24, 2.45) is 41.4 Å². The molecule has 3 heterocycles. The van der Waals surface area contributed by atoms with E-state index in [1.54, 1.807) is 26.8 Å². The highest BCUT2D eigenvalue weighted by Gasteiger charge is 2.56. The maximum Gasteiger partial charge on any atom is 0.329 e. The van der Waals surface area contributed by atoms with Crippen LogP contribution >= 0.6 is 0 Å². The van der Waals surface area contributed by atoms with E-state index < -0.39 is 121 Å². The third-order valence-corrected chi connectivity index (χ3v) is 13.9. The minimum absolute atomic E-state index is 0.0124. The van der Waals surface area contributed by atoms with Crippen LogP contribution in [0.2, 0.25) is 0 Å². The van der Waals surface area contributed by atoms with Crippen LogP contribution < -0.4 is 0 Å². The smallest absolute Gasteiger partial charge is 0.329 e. The zero-order chi connectivity index (χ0) is 47.5. The molecule has 5 N–H and O–H groups in total. The predicted molar refractivity (Wildman–Crippen MR) is 233 cm³/mol. The molecule has 1 amide bonds. The van der Waals surface area contributed by atoms with Crippen molar-refractivity contribution in [3.8, 4) is 0 Å². The maximum absolute atomic E-state index is 14.6. The third-order valence-electron chi connectivity index (χ3n) is 13.9. The molecule has 360 valence electrons. The van der Waals surface area contributed by atoms with Gasteiger partial charge in [-0.1, -0.05) is 44.6 Å². The number of esters is 2. The van der Waals surface area contributed by atoms with Crippen molar-refractivity contribution in [2.75, 3.05) is 26.9 Å². The lowest BCUT2D eigenvalue weighted by Gasteiger charge is -2.47. The number of aliphatic hydroxyl groups is 4. The number of piperidine rings is 1. The molecule has 3 aliphatic heterocycles. The van der Waals surface area contributed by atoms with E-state index >= 15 is 0 Å². The molecule has 2 saturated heterocycles. The zero-order valence-corrected chi connectivity index (χ0v) is 38.5. The number of ether oxygens (including phenoxy) is 4. The summed E-state index contributed by atoms with van der Waals surface area (Å²) < 4.78 is 24.0. The Morgan fingerprint density at radius 2 is 1.66 bits per heavy atom. The molecule has 1 saturated carbocycles. The van der Waals surface area contributed by atoms with Gasteiger partial charge in [-0.2, -0.15) is 0 Å². The van der Waals surface area contributed by atoms with Crippen LogP contribution in [0, 0.1) is 41.4 Å². The number of methoxy groups -OCH3 is 1. The van der Waals surface area contributed by atoms with Crippen LogP contribution in [-0.2, 0) is 47.7 Å². The summed E-state index contributed by atoms with van der Waals surface area (Å²) >= 11 is 0. The Morgan fingerprint density at radius 3 is 2.30 bits per heavy atom. The number of carboxylic acid groups (broad SMARTS) is 1. The Morgan fingerprint density at radius 1 is 0.969 bits per heavy atom. The monoisotopic (exact) mass is 903 g/mol. The summed E-state index contributed by atoms with van der Waals surface area (Å²) in [6.45, 7) is 11.8. The van der Waals surface area contributed by atoms with Crippen molar-refractivity contribution in [3.63, 3.8) is 0 Å². The number of nitrogens with zero attached hydrogens (tertiary/aromatic N) is 1. The average molecular weight is 904 g/mol. The van der Waals surface area contributed by atoms with Gasteiger partial charge in [0.1, 0.15) is 24.0 Å². The molecule has 64 heavy (non-hydrogen) atoms. The molecule has 0 aromatic heterocycles. The number of Topliss-reactive ketones (excluding diaryl/α,β-unsaturated/α-hetero) is 2. The summed E-state index contributed by atoms with van der Waals surface area (Å²) in [6, 6.07) is -1.28. The number of cyclic esters (lactones) is 1. The van der Waals surface area contributed by atoms with E-state index in [-0.39, 0.29) is 56.5 Å². The first kappa shape index (κ1) is 52.8. The van der Waals surface area contributed by atoms with E-state index in [0.717, 1.165) is 10.5 Å². The second-order valence-electron chi connectivity index (χ2n) is 19.0. The molecule has 2 bridgehead atoms. The zero-order valence-electron chi connectivity index (χ0n) is 38.5. The van der Waals surface area contributed by atoms with Crippen molar-refractivity contribution in [3.05, 3.63) is 36.0 Å². The van der Waals surface area contributed by atoms with Gasteiger partial charge in [0.05, 0.1) is 31.2 Å². The van der Waals surface area contributed by atoms with Gasteiger partial charge in [0, 0.05) is 62.9 Å². The number of allylic oxidation sites excluding steroid dienone is 4. The fourth-order valence-electron chi connectivity index (χ4n) is 10.3. The van der Waals surface area contributed by atoms with E-state index in [2.05, 4.69) is 6.58 Å². The Labute approximate surface area is 377 Å². The van der Waals surface area contributed by atoms with Crippen LogP contribution in [0.3, 0.4) is 0 Å². The molecule has 0 aromatic rings. The highest BCUT2D eigenvalue weighted by molar-refractivity contribution is 6.39. The number of carbonyl (C=O) groups excluding carboxylic acids is 5. The number of ketones is 2. The lowest BCUT2D eigenvalue weighted by Crippen LogP contribution is -2.63. The van der Waals surface area contributed by atoms with Gasteiger partial charge in [-0.05, 0) is 95.5 Å². The molecular weight excluding hydrogens is 831 g/mol. The molecule has 16 heteroatoms. The molecule has 3 fully saturated rings. The minimum Gasteiger partial charge on any atom is -0.481 e. The number of fused-ring (bicyclic) bond motifs is 3. The van der Waals surface area contributed by atoms with Gasteiger partial charge in [0.2, 0.25) is 5.79 Å². The standard InChI is InChI=1S/C48H73NO15/c1-8-11-33-19-27(2)18-28(3)20-34(25-50)44-35(26-51)22-30(5)48(60,64-44)45(57)46(58)49-17-10-9-12-36(49)47(59)63-43(29(4)21-32-13-14-37(52)40(23-32)61-7)31(6)39(24-38(33)53)62-42(56)16-15-41(54)55/h8,19,21,28,30-37,39-40,43-44,50-52,60H,1,9-18,20,22-26H2,2-7H3,(H,54,55)/b27-19+,29-21+/t28-,30+,31+,32-,33+,34+,35+,36-,37+,39?,40+,43+,44+,48+/m0/s1. The van der Waals surface area contributed by atoms with Gasteiger partial charge >= 0.3 is 17.9 Å². The van der Waals surface area contributed by atoms with Crippen molar-refractivity contribution in [1.29, 1.82) is 0 Å². The highest BCUT2D eigenvalue weighted by Crippen LogP contribution is 2.42. The molecule has 1 aliphatic carbocycles. The van der Waals surface area contributed by atoms with Crippen LogP contribution in [0.4, 0.5) is 0 Å². The van der Waals surface area contributed by atoms with Gasteiger partial charge in [-0.25, -0.2) is 4.79 Å². The highest BCUT2D eigenvalue weighted by atomic mass is 16.6. The predicted octanol–water partition coefficient (Wildman–Crippen LogP) is 4.24. The summed E-state index contributed by atoms with van der Waals surface area (Å²) in [5.41, 5.74) is 1.37. The van der Waals surface area contributed by atoms with Gasteiger partial charge in [-0.15, -0.1) is 6.58 Å². The van der Waals surface area contributed by atoms with Crippen molar-refractivity contribution in [1.82, 2.24) is 4.90 Å². The van der Waals surface area contributed by atoms with Crippen LogP contribution in [0.25, 0.3) is 0 Å². The molecule has 1 unspecified atom stereocenters. The number of hydrogen-bond acceptors (Lipinski definition) is 14. The average Bonchev–Trinajstić information content (AvgIpc) is 3.26. The van der Waals surface area contributed by atoms with E-state index in [9.17, 15) is 54.3 Å². The van der Waals surface area contributed by atoms with Crippen LogP contribution in [0.1, 0.15) is 118 Å². The van der Waals surface area contributed by atoms with Crippen molar-refractivity contribution < 1.29 is 73.2 Å². The summed E-state index contributed by atoms with van der Waals surface area (Å²) in [7, 11) is 1.52. The molecule has 0 radical (unpaired) electrons. The van der Waals surface area contributed by atoms with E-state index in [1.807, 2.05) is 26.0 Å². The fraction of sp³-hybridized carbons (Fsp3) is 0.750. The summed E-state index contributed by atoms with van der Waals surface area (Å²) in [4.78, 5) is 83.5. The van der Waals surface area contributed by atoms with Crippen LogP contribution in [0.5, 0.6) is 0 Å². The number of aliphatic carboxylic acids is 1. The molecule has 16 nitrogen and oxygen atoms in total. The normalized spacial score (nSPS) is 37.6. The Balaban J connectivity index is 1.87. The first-order valence-corrected chi connectivity index (χ1v) is 23.1. The fourth-order valence-corrected chi connectivity index (χ4v) is 10.3.